The third-order valence-corrected chi connectivity index (χ3v) is 2.40. The second-order valence-electron chi connectivity index (χ2n) is 3.96. The van der Waals surface area contributed by atoms with Crippen LogP contribution in [0.2, 0.25) is 0 Å². The minimum atomic E-state index is -0.961. The first-order valence-corrected chi connectivity index (χ1v) is 6.18. The Balaban J connectivity index is 3.35. The van der Waals surface area contributed by atoms with E-state index in [2.05, 4.69) is 0 Å². The van der Waals surface area contributed by atoms with Crippen LogP contribution in [0.15, 0.2) is 0 Å². The van der Waals surface area contributed by atoms with Crippen LogP contribution in [0, 0.1) is 0 Å². The molecule has 0 bridgehead atoms. The lowest BCUT2D eigenvalue weighted by Crippen LogP contribution is -2.23. The maximum atomic E-state index is 11.2. The first kappa shape index (κ1) is 15.4. The summed E-state index contributed by atoms with van der Waals surface area (Å²) in [5, 5.41) is 17.9. The van der Waals surface area contributed by atoms with Gasteiger partial charge in [-0.25, -0.2) is 4.79 Å². The first-order chi connectivity index (χ1) is 7.72. The summed E-state index contributed by atoms with van der Waals surface area (Å²) >= 11 is 0. The summed E-state index contributed by atoms with van der Waals surface area (Å²) in [5.41, 5.74) is 0. The maximum Gasteiger partial charge on any atom is 0.334 e. The molecule has 0 fully saturated rings. The average Bonchev–Trinajstić information content (AvgIpc) is 2.30. The predicted octanol–water partition coefficient (Wildman–Crippen LogP) is 1.63. The number of unbranched alkanes of at least 4 members (excludes halogenated alkanes) is 4. The van der Waals surface area contributed by atoms with Crippen LogP contribution >= 0.6 is 0 Å². The molecule has 0 aromatic heterocycles. The Morgan fingerprint density at radius 2 is 1.88 bits per heavy atom. The van der Waals surface area contributed by atoms with Gasteiger partial charge in [0.1, 0.15) is 0 Å². The molecule has 0 spiro atoms. The summed E-state index contributed by atoms with van der Waals surface area (Å²) in [6, 6.07) is 0. The van der Waals surface area contributed by atoms with E-state index in [4.69, 9.17) is 9.84 Å². The second kappa shape index (κ2) is 10.9. The fourth-order valence-corrected chi connectivity index (χ4v) is 1.35. The molecule has 0 aliphatic rings. The van der Waals surface area contributed by atoms with Crippen LogP contribution < -0.4 is 0 Å². The SMILES string of the molecule is CCCCC(O)C(=O)OCCCCCCO. The highest BCUT2D eigenvalue weighted by molar-refractivity contribution is 5.74. The molecule has 4 nitrogen and oxygen atoms in total. The van der Waals surface area contributed by atoms with E-state index in [-0.39, 0.29) is 6.61 Å². The molecule has 0 aromatic carbocycles. The molecule has 4 heteroatoms. The van der Waals surface area contributed by atoms with E-state index in [1.807, 2.05) is 6.92 Å². The number of esters is 1. The van der Waals surface area contributed by atoms with Gasteiger partial charge in [0, 0.05) is 6.61 Å². The highest BCUT2D eigenvalue weighted by Crippen LogP contribution is 2.04. The number of carbonyl (C=O) groups is 1. The summed E-state index contributed by atoms with van der Waals surface area (Å²) in [4.78, 5) is 11.2. The first-order valence-electron chi connectivity index (χ1n) is 6.18. The Kier molecular flexibility index (Phi) is 10.5. The van der Waals surface area contributed by atoms with Crippen LogP contribution in [0.5, 0.6) is 0 Å². The van der Waals surface area contributed by atoms with Crippen LogP contribution in [0.25, 0.3) is 0 Å². The molecule has 2 N–H and O–H groups in total. The van der Waals surface area contributed by atoms with Crippen molar-refractivity contribution in [1.82, 2.24) is 0 Å². The summed E-state index contributed by atoms with van der Waals surface area (Å²) in [5.74, 6) is -0.504. The highest BCUT2D eigenvalue weighted by Gasteiger charge is 2.15. The zero-order valence-corrected chi connectivity index (χ0v) is 10.2. The minimum absolute atomic E-state index is 0.218. The van der Waals surface area contributed by atoms with E-state index >= 15 is 0 Å². The number of hydrogen-bond donors (Lipinski definition) is 2. The highest BCUT2D eigenvalue weighted by atomic mass is 16.5. The fraction of sp³-hybridized carbons (Fsp3) is 0.917. The van der Waals surface area contributed by atoms with Crippen molar-refractivity contribution in [2.45, 2.75) is 58.0 Å². The Morgan fingerprint density at radius 3 is 2.50 bits per heavy atom. The van der Waals surface area contributed by atoms with Crippen molar-refractivity contribution in [3.05, 3.63) is 0 Å². The van der Waals surface area contributed by atoms with Crippen molar-refractivity contribution < 1.29 is 19.7 Å². The normalized spacial score (nSPS) is 12.4. The van der Waals surface area contributed by atoms with Gasteiger partial charge in [0.05, 0.1) is 6.61 Å². The largest absolute Gasteiger partial charge is 0.464 e. The van der Waals surface area contributed by atoms with Gasteiger partial charge >= 0.3 is 5.97 Å². The summed E-state index contributed by atoms with van der Waals surface area (Å²) in [6.07, 6.45) is 4.82. The van der Waals surface area contributed by atoms with E-state index < -0.39 is 12.1 Å². The Labute approximate surface area is 97.6 Å². The van der Waals surface area contributed by atoms with Crippen molar-refractivity contribution in [3.63, 3.8) is 0 Å². The Morgan fingerprint density at radius 1 is 1.19 bits per heavy atom. The summed E-state index contributed by atoms with van der Waals surface area (Å²) < 4.78 is 4.93. The van der Waals surface area contributed by atoms with Gasteiger partial charge in [-0.15, -0.1) is 0 Å². The number of rotatable bonds is 10. The van der Waals surface area contributed by atoms with E-state index in [0.29, 0.717) is 13.0 Å². The van der Waals surface area contributed by atoms with E-state index in [1.165, 1.54) is 0 Å². The third-order valence-electron chi connectivity index (χ3n) is 2.40. The van der Waals surface area contributed by atoms with Gasteiger partial charge in [0.2, 0.25) is 0 Å². The zero-order valence-electron chi connectivity index (χ0n) is 10.2. The molecule has 0 radical (unpaired) electrons. The zero-order chi connectivity index (χ0) is 12.2. The minimum Gasteiger partial charge on any atom is -0.464 e. The van der Waals surface area contributed by atoms with E-state index in [1.54, 1.807) is 0 Å². The number of ether oxygens (including phenoxy) is 1. The van der Waals surface area contributed by atoms with Crippen LogP contribution in [0.3, 0.4) is 0 Å². The molecule has 16 heavy (non-hydrogen) atoms. The average molecular weight is 232 g/mol. The van der Waals surface area contributed by atoms with E-state index in [0.717, 1.165) is 38.5 Å². The summed E-state index contributed by atoms with van der Waals surface area (Å²) in [6.45, 7) is 2.60. The molecular weight excluding hydrogens is 208 g/mol. The second-order valence-corrected chi connectivity index (χ2v) is 3.96. The molecule has 0 saturated heterocycles. The van der Waals surface area contributed by atoms with Crippen molar-refractivity contribution in [2.24, 2.45) is 0 Å². The van der Waals surface area contributed by atoms with E-state index in [9.17, 15) is 9.90 Å². The molecule has 0 amide bonds. The quantitative estimate of drug-likeness (QED) is 0.444. The maximum absolute atomic E-state index is 11.2. The van der Waals surface area contributed by atoms with Crippen LogP contribution in [0.4, 0.5) is 0 Å². The van der Waals surface area contributed by atoms with Crippen molar-refractivity contribution in [3.8, 4) is 0 Å². The molecule has 0 aliphatic carbocycles. The number of aliphatic hydroxyl groups is 2. The fourth-order valence-electron chi connectivity index (χ4n) is 1.35. The monoisotopic (exact) mass is 232 g/mol. The van der Waals surface area contributed by atoms with Gasteiger partial charge in [-0.2, -0.15) is 0 Å². The number of carbonyl (C=O) groups excluding carboxylic acids is 1. The predicted molar refractivity (Wildman–Crippen MR) is 62.0 cm³/mol. The number of hydrogen-bond acceptors (Lipinski definition) is 4. The van der Waals surface area contributed by atoms with Crippen LogP contribution in [-0.4, -0.2) is 35.5 Å². The standard InChI is InChI=1S/C12H24O4/c1-2-3-8-11(14)12(15)16-10-7-5-4-6-9-13/h11,13-14H,2-10H2,1H3. The molecule has 1 unspecified atom stereocenters. The van der Waals surface area contributed by atoms with Crippen molar-refractivity contribution >= 4 is 5.97 Å². The lowest BCUT2D eigenvalue weighted by Gasteiger charge is -2.09. The molecule has 96 valence electrons. The van der Waals surface area contributed by atoms with Crippen LogP contribution in [0.1, 0.15) is 51.9 Å². The van der Waals surface area contributed by atoms with Crippen molar-refractivity contribution in [1.29, 1.82) is 0 Å². The Bertz CT molecular complexity index is 170. The van der Waals surface area contributed by atoms with Gasteiger partial charge in [-0.3, -0.25) is 0 Å². The van der Waals surface area contributed by atoms with Crippen molar-refractivity contribution in [2.75, 3.05) is 13.2 Å². The molecule has 1 atom stereocenters. The molecular formula is C12H24O4. The lowest BCUT2D eigenvalue weighted by atomic mass is 10.1. The Hall–Kier alpha value is -0.610. The number of aliphatic hydroxyl groups excluding tert-OH is 2. The van der Waals surface area contributed by atoms with Gasteiger partial charge in [0.15, 0.2) is 6.10 Å². The van der Waals surface area contributed by atoms with Gasteiger partial charge in [0.25, 0.3) is 0 Å². The molecule has 0 aromatic rings. The lowest BCUT2D eigenvalue weighted by molar-refractivity contribution is -0.154. The topological polar surface area (TPSA) is 66.8 Å². The van der Waals surface area contributed by atoms with Gasteiger partial charge in [-0.05, 0) is 25.7 Å². The van der Waals surface area contributed by atoms with Gasteiger partial charge < -0.3 is 14.9 Å². The molecule has 0 heterocycles. The molecule has 0 saturated carbocycles. The smallest absolute Gasteiger partial charge is 0.334 e. The molecule has 0 rings (SSSR count). The summed E-state index contributed by atoms with van der Waals surface area (Å²) in [7, 11) is 0. The third kappa shape index (κ3) is 8.68. The van der Waals surface area contributed by atoms with Crippen LogP contribution in [-0.2, 0) is 9.53 Å². The molecule has 0 aliphatic heterocycles. The van der Waals surface area contributed by atoms with Gasteiger partial charge in [-0.1, -0.05) is 26.2 Å².